The van der Waals surface area contributed by atoms with Gasteiger partial charge in [-0.15, -0.1) is 0 Å². The Morgan fingerprint density at radius 1 is 1.04 bits per heavy atom. The molecule has 3 rings (SSSR count). The molecule has 0 atom stereocenters. The number of amides is 1. The van der Waals surface area contributed by atoms with Crippen molar-refractivity contribution < 1.29 is 19.2 Å². The zero-order valence-electron chi connectivity index (χ0n) is 16.9. The van der Waals surface area contributed by atoms with Gasteiger partial charge in [0.15, 0.2) is 11.5 Å². The average Bonchev–Trinajstić information content (AvgIpc) is 2.74. The summed E-state index contributed by atoms with van der Waals surface area (Å²) >= 11 is 0. The second-order valence-electron chi connectivity index (χ2n) is 7.24. The molecule has 0 aromatic heterocycles. The third-order valence-corrected chi connectivity index (χ3v) is 5.28. The van der Waals surface area contributed by atoms with Crippen molar-refractivity contribution in [3.63, 3.8) is 0 Å². The van der Waals surface area contributed by atoms with Gasteiger partial charge in [0.1, 0.15) is 6.54 Å². The first-order chi connectivity index (χ1) is 13.7. The Bertz CT molecular complexity index is 785. The highest BCUT2D eigenvalue weighted by Crippen LogP contribution is 2.28. The first kappa shape index (κ1) is 20.2. The number of nitrogens with one attached hydrogen (secondary N) is 2. The van der Waals surface area contributed by atoms with E-state index in [1.165, 1.54) is 43.5 Å². The van der Waals surface area contributed by atoms with E-state index in [9.17, 15) is 4.79 Å². The lowest BCUT2D eigenvalue weighted by Gasteiger charge is -2.24. The molecular weight excluding hydrogens is 352 g/mol. The number of rotatable bonds is 8. The van der Waals surface area contributed by atoms with Crippen LogP contribution in [-0.2, 0) is 13.1 Å². The monoisotopic (exact) mass is 383 g/mol. The summed E-state index contributed by atoms with van der Waals surface area (Å²) in [6, 6.07) is 13.7. The van der Waals surface area contributed by atoms with Crippen molar-refractivity contribution in [2.45, 2.75) is 39.3 Å². The SMILES string of the molecule is CCOc1ccc(C(=O)NCc2ccccc2C[NH+]2CCCCC2)cc1OC. The van der Waals surface area contributed by atoms with Crippen molar-refractivity contribution in [1.82, 2.24) is 5.32 Å². The molecule has 0 unspecified atom stereocenters. The minimum absolute atomic E-state index is 0.110. The molecule has 0 radical (unpaired) electrons. The fraction of sp³-hybridized carbons (Fsp3) is 0.435. The van der Waals surface area contributed by atoms with Crippen molar-refractivity contribution in [1.29, 1.82) is 0 Å². The van der Waals surface area contributed by atoms with E-state index in [0.717, 1.165) is 6.54 Å². The van der Waals surface area contributed by atoms with E-state index < -0.39 is 0 Å². The molecule has 5 heteroatoms. The quantitative estimate of drug-likeness (QED) is 0.737. The first-order valence-electron chi connectivity index (χ1n) is 10.2. The Hall–Kier alpha value is -2.53. The van der Waals surface area contributed by atoms with E-state index in [0.29, 0.717) is 30.2 Å². The van der Waals surface area contributed by atoms with Gasteiger partial charge in [-0.05, 0) is 49.9 Å². The standard InChI is InChI=1S/C23H30N2O3/c1-3-28-21-12-11-18(15-22(21)27-2)23(26)24-16-19-9-5-6-10-20(19)17-25-13-7-4-8-14-25/h5-6,9-12,15H,3-4,7-8,13-14,16-17H2,1-2H3,(H,24,26)/p+1. The van der Waals surface area contributed by atoms with Crippen LogP contribution in [0.15, 0.2) is 42.5 Å². The van der Waals surface area contributed by atoms with Gasteiger partial charge in [0.2, 0.25) is 0 Å². The average molecular weight is 384 g/mol. The summed E-state index contributed by atoms with van der Waals surface area (Å²) < 4.78 is 10.9. The smallest absolute Gasteiger partial charge is 0.251 e. The fourth-order valence-electron chi connectivity index (χ4n) is 3.76. The molecule has 0 spiro atoms. The Morgan fingerprint density at radius 3 is 2.50 bits per heavy atom. The van der Waals surface area contributed by atoms with Crippen LogP contribution in [0.25, 0.3) is 0 Å². The Labute approximate surface area is 167 Å². The highest BCUT2D eigenvalue weighted by Gasteiger charge is 2.16. The normalized spacial score (nSPS) is 14.5. The van der Waals surface area contributed by atoms with Crippen molar-refractivity contribution in [3.8, 4) is 11.5 Å². The van der Waals surface area contributed by atoms with E-state index in [1.54, 1.807) is 30.2 Å². The molecule has 0 aliphatic carbocycles. The molecule has 5 nitrogen and oxygen atoms in total. The second-order valence-corrected chi connectivity index (χ2v) is 7.24. The van der Waals surface area contributed by atoms with Crippen molar-refractivity contribution >= 4 is 5.91 Å². The highest BCUT2D eigenvalue weighted by atomic mass is 16.5. The maximum absolute atomic E-state index is 12.6. The number of methoxy groups -OCH3 is 1. The van der Waals surface area contributed by atoms with Gasteiger partial charge in [-0.3, -0.25) is 4.79 Å². The molecular formula is C23H31N2O3+. The van der Waals surface area contributed by atoms with E-state index in [-0.39, 0.29) is 5.91 Å². The molecule has 150 valence electrons. The number of ether oxygens (including phenoxy) is 2. The third kappa shape index (κ3) is 5.26. The largest absolute Gasteiger partial charge is 0.493 e. The Balaban J connectivity index is 1.64. The third-order valence-electron chi connectivity index (χ3n) is 5.28. The number of carbonyl (C=O) groups is 1. The molecule has 28 heavy (non-hydrogen) atoms. The number of hydrogen-bond donors (Lipinski definition) is 2. The summed E-state index contributed by atoms with van der Waals surface area (Å²) in [5.41, 5.74) is 3.08. The topological polar surface area (TPSA) is 52.0 Å². The number of benzene rings is 2. The van der Waals surface area contributed by atoms with Crippen LogP contribution in [0.4, 0.5) is 0 Å². The number of likely N-dealkylation sites (tertiary alicyclic amines) is 1. The van der Waals surface area contributed by atoms with Gasteiger partial charge >= 0.3 is 0 Å². The molecule has 1 heterocycles. The van der Waals surface area contributed by atoms with Crippen molar-refractivity contribution in [2.75, 3.05) is 26.8 Å². The molecule has 1 saturated heterocycles. The zero-order chi connectivity index (χ0) is 19.8. The number of quaternary nitrogens is 1. The zero-order valence-corrected chi connectivity index (χ0v) is 16.9. The summed E-state index contributed by atoms with van der Waals surface area (Å²) in [7, 11) is 1.58. The maximum atomic E-state index is 12.6. The van der Waals surface area contributed by atoms with Crippen LogP contribution < -0.4 is 19.7 Å². The predicted molar refractivity (Wildman–Crippen MR) is 110 cm³/mol. The molecule has 2 aromatic rings. The van der Waals surface area contributed by atoms with Gasteiger partial charge < -0.3 is 19.7 Å². The van der Waals surface area contributed by atoms with Crippen LogP contribution in [0.5, 0.6) is 11.5 Å². The molecule has 0 saturated carbocycles. The minimum atomic E-state index is -0.110. The lowest BCUT2D eigenvalue weighted by molar-refractivity contribution is -0.918. The summed E-state index contributed by atoms with van der Waals surface area (Å²) in [5.74, 6) is 1.11. The molecule has 2 aromatic carbocycles. The van der Waals surface area contributed by atoms with E-state index in [2.05, 4.69) is 23.5 Å². The van der Waals surface area contributed by atoms with Gasteiger partial charge in [0, 0.05) is 17.7 Å². The van der Waals surface area contributed by atoms with Crippen molar-refractivity contribution in [2.24, 2.45) is 0 Å². The molecule has 1 fully saturated rings. The second kappa shape index (κ2) is 10.1. The maximum Gasteiger partial charge on any atom is 0.251 e. The first-order valence-corrected chi connectivity index (χ1v) is 10.2. The summed E-state index contributed by atoms with van der Waals surface area (Å²) in [4.78, 5) is 14.3. The summed E-state index contributed by atoms with van der Waals surface area (Å²) in [5, 5.41) is 3.05. The molecule has 2 N–H and O–H groups in total. The molecule has 0 bridgehead atoms. The van der Waals surface area contributed by atoms with Gasteiger partial charge in [0.05, 0.1) is 26.8 Å². The molecule has 1 amide bonds. The number of carbonyl (C=O) groups excluding carboxylic acids is 1. The van der Waals surface area contributed by atoms with Crippen LogP contribution >= 0.6 is 0 Å². The van der Waals surface area contributed by atoms with Gasteiger partial charge in [0.25, 0.3) is 5.91 Å². The van der Waals surface area contributed by atoms with Crippen LogP contribution in [-0.4, -0.2) is 32.7 Å². The Kier molecular flexibility index (Phi) is 7.31. The summed E-state index contributed by atoms with van der Waals surface area (Å²) in [6.45, 7) is 6.51. The van der Waals surface area contributed by atoms with Crippen LogP contribution in [0, 0.1) is 0 Å². The molecule has 1 aliphatic rings. The van der Waals surface area contributed by atoms with Crippen LogP contribution in [0.1, 0.15) is 47.7 Å². The highest BCUT2D eigenvalue weighted by molar-refractivity contribution is 5.94. The van der Waals surface area contributed by atoms with Gasteiger partial charge in [-0.1, -0.05) is 24.3 Å². The van der Waals surface area contributed by atoms with E-state index in [1.807, 2.05) is 13.0 Å². The van der Waals surface area contributed by atoms with Gasteiger partial charge in [-0.25, -0.2) is 0 Å². The fourth-order valence-corrected chi connectivity index (χ4v) is 3.76. The lowest BCUT2D eigenvalue weighted by Crippen LogP contribution is -3.11. The molecule has 1 aliphatic heterocycles. The van der Waals surface area contributed by atoms with Crippen LogP contribution in [0.2, 0.25) is 0 Å². The number of hydrogen-bond acceptors (Lipinski definition) is 3. The van der Waals surface area contributed by atoms with Gasteiger partial charge in [-0.2, -0.15) is 0 Å². The van der Waals surface area contributed by atoms with E-state index >= 15 is 0 Å². The van der Waals surface area contributed by atoms with E-state index in [4.69, 9.17) is 9.47 Å². The van der Waals surface area contributed by atoms with Crippen molar-refractivity contribution in [3.05, 3.63) is 59.2 Å². The Morgan fingerprint density at radius 2 is 1.79 bits per heavy atom. The summed E-state index contributed by atoms with van der Waals surface area (Å²) in [6.07, 6.45) is 3.98. The number of piperidine rings is 1. The minimum Gasteiger partial charge on any atom is -0.493 e. The van der Waals surface area contributed by atoms with Crippen LogP contribution in [0.3, 0.4) is 0 Å². The predicted octanol–water partition coefficient (Wildman–Crippen LogP) is 2.59. The lowest BCUT2D eigenvalue weighted by atomic mass is 10.0.